The number of halogens is 3. The second-order valence-electron chi connectivity index (χ2n) is 5.65. The van der Waals surface area contributed by atoms with Gasteiger partial charge in [0.25, 0.3) is 0 Å². The Hall–Kier alpha value is -0.810. The average Bonchev–Trinajstić information content (AvgIpc) is 2.41. The number of aromatic hydroxyl groups is 1. The third kappa shape index (κ3) is 5.13. The minimum atomic E-state index is -0.540. The van der Waals surface area contributed by atoms with Crippen molar-refractivity contribution in [1.82, 2.24) is 10.2 Å². The number of piperazine rings is 1. The zero-order chi connectivity index (χ0) is 14.7. The SMILES string of the molecule is C=C(C)C[C@@H](c1cc(C)cc(F)c1O)N1CCNCC1.Cl.Cl. The Bertz CT molecular complexity index is 505. The van der Waals surface area contributed by atoms with E-state index in [4.69, 9.17) is 0 Å². The molecular weight excluding hydrogens is 326 g/mol. The van der Waals surface area contributed by atoms with Gasteiger partial charge < -0.3 is 10.4 Å². The molecule has 1 saturated heterocycles. The largest absolute Gasteiger partial charge is 0.505 e. The van der Waals surface area contributed by atoms with Crippen LogP contribution in [0.3, 0.4) is 0 Å². The van der Waals surface area contributed by atoms with E-state index in [-0.39, 0.29) is 36.6 Å². The summed E-state index contributed by atoms with van der Waals surface area (Å²) in [6.07, 6.45) is 0.733. The van der Waals surface area contributed by atoms with Crippen molar-refractivity contribution in [2.75, 3.05) is 26.2 Å². The molecule has 0 saturated carbocycles. The van der Waals surface area contributed by atoms with Gasteiger partial charge in [0, 0.05) is 37.8 Å². The second-order valence-corrected chi connectivity index (χ2v) is 5.65. The number of phenols is 1. The van der Waals surface area contributed by atoms with Crippen molar-refractivity contribution < 1.29 is 9.50 Å². The number of rotatable bonds is 4. The van der Waals surface area contributed by atoms with E-state index in [1.807, 2.05) is 19.9 Å². The number of nitrogens with zero attached hydrogens (tertiary/aromatic N) is 1. The summed E-state index contributed by atoms with van der Waals surface area (Å²) in [4.78, 5) is 2.29. The van der Waals surface area contributed by atoms with Crippen molar-refractivity contribution in [1.29, 1.82) is 0 Å². The van der Waals surface area contributed by atoms with Crippen molar-refractivity contribution in [3.05, 3.63) is 41.2 Å². The van der Waals surface area contributed by atoms with Crippen LogP contribution in [0.1, 0.15) is 30.5 Å². The molecule has 1 atom stereocenters. The molecule has 2 rings (SSSR count). The van der Waals surface area contributed by atoms with E-state index in [0.717, 1.165) is 43.7 Å². The van der Waals surface area contributed by atoms with Crippen LogP contribution in [0.15, 0.2) is 24.3 Å². The molecule has 126 valence electrons. The van der Waals surface area contributed by atoms with Crippen LogP contribution in [-0.2, 0) is 0 Å². The molecule has 1 heterocycles. The lowest BCUT2D eigenvalue weighted by Crippen LogP contribution is -2.45. The van der Waals surface area contributed by atoms with Crippen LogP contribution >= 0.6 is 24.8 Å². The highest BCUT2D eigenvalue weighted by molar-refractivity contribution is 5.85. The fourth-order valence-corrected chi connectivity index (χ4v) is 2.78. The first kappa shape index (κ1) is 21.2. The Morgan fingerprint density at radius 1 is 1.36 bits per heavy atom. The van der Waals surface area contributed by atoms with E-state index >= 15 is 0 Å². The van der Waals surface area contributed by atoms with Gasteiger partial charge in [-0.15, -0.1) is 31.4 Å². The highest BCUT2D eigenvalue weighted by atomic mass is 35.5. The smallest absolute Gasteiger partial charge is 0.165 e. The van der Waals surface area contributed by atoms with Gasteiger partial charge in [-0.3, -0.25) is 4.90 Å². The Balaban J connectivity index is 0.00000220. The molecule has 0 unspecified atom stereocenters. The lowest BCUT2D eigenvalue weighted by atomic mass is 9.95. The topological polar surface area (TPSA) is 35.5 Å². The maximum absolute atomic E-state index is 13.8. The van der Waals surface area contributed by atoms with E-state index in [2.05, 4.69) is 16.8 Å². The summed E-state index contributed by atoms with van der Waals surface area (Å²) in [5.74, 6) is -0.762. The zero-order valence-electron chi connectivity index (χ0n) is 13.1. The normalized spacial score (nSPS) is 16.3. The second kappa shape index (κ2) is 9.36. The summed E-state index contributed by atoms with van der Waals surface area (Å²) in [5, 5.41) is 13.4. The monoisotopic (exact) mass is 350 g/mol. The summed E-state index contributed by atoms with van der Waals surface area (Å²) in [5.41, 5.74) is 2.54. The average molecular weight is 351 g/mol. The van der Waals surface area contributed by atoms with Crippen LogP contribution in [0.25, 0.3) is 0 Å². The molecule has 1 aliphatic heterocycles. The lowest BCUT2D eigenvalue weighted by Gasteiger charge is -2.36. The van der Waals surface area contributed by atoms with Gasteiger partial charge in [-0.05, 0) is 31.9 Å². The van der Waals surface area contributed by atoms with Crippen molar-refractivity contribution in [2.24, 2.45) is 0 Å². The molecule has 1 aromatic carbocycles. The van der Waals surface area contributed by atoms with Crippen LogP contribution in [0.5, 0.6) is 5.75 Å². The number of aryl methyl sites for hydroxylation is 1. The molecule has 1 fully saturated rings. The fourth-order valence-electron chi connectivity index (χ4n) is 2.78. The molecule has 0 spiro atoms. The number of phenolic OH excluding ortho intramolecular Hbond substituents is 1. The van der Waals surface area contributed by atoms with Gasteiger partial charge in [0.2, 0.25) is 0 Å². The van der Waals surface area contributed by atoms with Crippen LogP contribution in [0, 0.1) is 12.7 Å². The first-order valence-corrected chi connectivity index (χ1v) is 7.07. The minimum Gasteiger partial charge on any atom is -0.505 e. The first-order valence-electron chi connectivity index (χ1n) is 7.07. The van der Waals surface area contributed by atoms with Crippen molar-refractivity contribution in [3.63, 3.8) is 0 Å². The summed E-state index contributed by atoms with van der Waals surface area (Å²) < 4.78 is 13.8. The molecule has 0 aromatic heterocycles. The Morgan fingerprint density at radius 3 is 2.50 bits per heavy atom. The van der Waals surface area contributed by atoms with E-state index in [0.29, 0.717) is 5.56 Å². The highest BCUT2D eigenvalue weighted by Gasteiger charge is 2.26. The van der Waals surface area contributed by atoms with Gasteiger partial charge in [-0.25, -0.2) is 4.39 Å². The van der Waals surface area contributed by atoms with E-state index in [9.17, 15) is 9.50 Å². The summed E-state index contributed by atoms with van der Waals surface area (Å²) in [6, 6.07) is 3.24. The molecule has 0 aliphatic carbocycles. The van der Waals surface area contributed by atoms with E-state index in [1.165, 1.54) is 6.07 Å². The van der Waals surface area contributed by atoms with Gasteiger partial charge in [0.1, 0.15) is 0 Å². The van der Waals surface area contributed by atoms with Crippen LogP contribution in [0.2, 0.25) is 0 Å². The molecule has 0 radical (unpaired) electrons. The van der Waals surface area contributed by atoms with Crippen molar-refractivity contribution in [3.8, 4) is 5.75 Å². The maximum atomic E-state index is 13.8. The van der Waals surface area contributed by atoms with Gasteiger partial charge in [0.15, 0.2) is 11.6 Å². The third-order valence-electron chi connectivity index (χ3n) is 3.73. The van der Waals surface area contributed by atoms with Crippen LogP contribution in [-0.4, -0.2) is 36.2 Å². The van der Waals surface area contributed by atoms with Crippen molar-refractivity contribution >= 4 is 24.8 Å². The number of hydrogen-bond donors (Lipinski definition) is 2. The number of benzene rings is 1. The van der Waals surface area contributed by atoms with Gasteiger partial charge in [-0.1, -0.05) is 11.6 Å². The third-order valence-corrected chi connectivity index (χ3v) is 3.73. The number of nitrogens with one attached hydrogen (secondary N) is 1. The molecule has 0 amide bonds. The maximum Gasteiger partial charge on any atom is 0.165 e. The van der Waals surface area contributed by atoms with E-state index < -0.39 is 5.82 Å². The predicted octanol–water partition coefficient (Wildman–Crippen LogP) is 3.60. The molecular formula is C16H25Cl2FN2O. The Kier molecular flexibility index (Phi) is 9.01. The minimum absolute atomic E-state index is 0. The summed E-state index contributed by atoms with van der Waals surface area (Å²) in [6.45, 7) is 11.4. The molecule has 3 nitrogen and oxygen atoms in total. The van der Waals surface area contributed by atoms with Gasteiger partial charge in [-0.2, -0.15) is 0 Å². The Morgan fingerprint density at radius 2 is 1.95 bits per heavy atom. The molecule has 1 aromatic rings. The summed E-state index contributed by atoms with van der Waals surface area (Å²) in [7, 11) is 0. The fraction of sp³-hybridized carbons (Fsp3) is 0.500. The molecule has 1 aliphatic rings. The molecule has 2 N–H and O–H groups in total. The van der Waals surface area contributed by atoms with Crippen LogP contribution < -0.4 is 5.32 Å². The number of hydrogen-bond acceptors (Lipinski definition) is 3. The molecule has 6 heteroatoms. The molecule has 22 heavy (non-hydrogen) atoms. The van der Waals surface area contributed by atoms with Gasteiger partial charge >= 0.3 is 0 Å². The van der Waals surface area contributed by atoms with E-state index in [1.54, 1.807) is 0 Å². The zero-order valence-corrected chi connectivity index (χ0v) is 14.7. The highest BCUT2D eigenvalue weighted by Crippen LogP contribution is 2.35. The first-order chi connectivity index (χ1) is 9.49. The van der Waals surface area contributed by atoms with Crippen LogP contribution in [0.4, 0.5) is 4.39 Å². The summed E-state index contributed by atoms with van der Waals surface area (Å²) >= 11 is 0. The quantitative estimate of drug-likeness (QED) is 0.814. The molecule has 0 bridgehead atoms. The Labute approximate surface area is 144 Å². The predicted molar refractivity (Wildman–Crippen MR) is 93.9 cm³/mol. The van der Waals surface area contributed by atoms with Gasteiger partial charge in [0.05, 0.1) is 0 Å². The lowest BCUT2D eigenvalue weighted by molar-refractivity contribution is 0.169. The standard InChI is InChI=1S/C16H23FN2O.2ClH/c1-11(2)8-15(19-6-4-18-5-7-19)13-9-12(3)10-14(17)16(13)20;;/h9-10,15,18,20H,1,4-8H2,2-3H3;2*1H/t15-;;/m0../s1. The van der Waals surface area contributed by atoms with Crippen molar-refractivity contribution in [2.45, 2.75) is 26.3 Å².